The van der Waals surface area contributed by atoms with Gasteiger partial charge in [-0.3, -0.25) is 4.79 Å². The van der Waals surface area contributed by atoms with Crippen molar-refractivity contribution < 1.29 is 19.8 Å². The zero-order chi connectivity index (χ0) is 14.9. The average Bonchev–Trinajstić information content (AvgIpc) is 3.19. The van der Waals surface area contributed by atoms with Crippen LogP contribution in [-0.2, 0) is 9.59 Å². The van der Waals surface area contributed by atoms with Crippen LogP contribution >= 0.6 is 0 Å². The molecule has 0 heterocycles. The first-order chi connectivity index (χ1) is 9.45. The van der Waals surface area contributed by atoms with Crippen LogP contribution in [0.3, 0.4) is 0 Å². The van der Waals surface area contributed by atoms with Crippen molar-refractivity contribution in [3.8, 4) is 0 Å². The SMILES string of the molecule is CCCCC1(C2CC2)C(C(=O)O)=C(C)C=CC1C(=O)O. The van der Waals surface area contributed by atoms with Gasteiger partial charge < -0.3 is 10.2 Å². The fraction of sp³-hybridized carbons (Fsp3) is 0.625. The molecule has 0 aromatic carbocycles. The molecule has 20 heavy (non-hydrogen) atoms. The van der Waals surface area contributed by atoms with Crippen LogP contribution in [-0.4, -0.2) is 22.2 Å². The lowest BCUT2D eigenvalue weighted by Gasteiger charge is -2.41. The second-order valence-corrected chi connectivity index (χ2v) is 5.96. The van der Waals surface area contributed by atoms with Crippen LogP contribution in [0.1, 0.15) is 46.0 Å². The van der Waals surface area contributed by atoms with Crippen molar-refractivity contribution in [2.24, 2.45) is 17.3 Å². The van der Waals surface area contributed by atoms with E-state index in [9.17, 15) is 19.8 Å². The van der Waals surface area contributed by atoms with Crippen LogP contribution in [0, 0.1) is 17.3 Å². The van der Waals surface area contributed by atoms with Crippen LogP contribution in [0.15, 0.2) is 23.3 Å². The van der Waals surface area contributed by atoms with E-state index in [0.29, 0.717) is 17.6 Å². The lowest BCUT2D eigenvalue weighted by atomic mass is 9.60. The molecule has 0 aromatic rings. The van der Waals surface area contributed by atoms with Crippen molar-refractivity contribution in [2.45, 2.75) is 46.0 Å². The number of carbonyl (C=O) groups is 2. The van der Waals surface area contributed by atoms with Gasteiger partial charge in [0.1, 0.15) is 0 Å². The van der Waals surface area contributed by atoms with Crippen LogP contribution in [0.5, 0.6) is 0 Å². The summed E-state index contributed by atoms with van der Waals surface area (Å²) in [5, 5.41) is 19.2. The molecule has 4 nitrogen and oxygen atoms in total. The minimum absolute atomic E-state index is 0.196. The van der Waals surface area contributed by atoms with Crippen LogP contribution < -0.4 is 0 Å². The molecule has 110 valence electrons. The maximum absolute atomic E-state index is 11.8. The van der Waals surface area contributed by atoms with E-state index < -0.39 is 23.3 Å². The Balaban J connectivity index is 2.55. The summed E-state index contributed by atoms with van der Waals surface area (Å²) in [7, 11) is 0. The lowest BCUT2D eigenvalue weighted by Crippen LogP contribution is -2.43. The van der Waals surface area contributed by atoms with E-state index in [1.54, 1.807) is 19.1 Å². The first kappa shape index (κ1) is 14.8. The summed E-state index contributed by atoms with van der Waals surface area (Å²) in [6.07, 6.45) is 7.67. The van der Waals surface area contributed by atoms with Crippen molar-refractivity contribution >= 4 is 11.9 Å². The van der Waals surface area contributed by atoms with Crippen molar-refractivity contribution in [1.82, 2.24) is 0 Å². The largest absolute Gasteiger partial charge is 0.481 e. The summed E-state index contributed by atoms with van der Waals surface area (Å²) < 4.78 is 0. The third-order valence-electron chi connectivity index (χ3n) is 4.68. The molecule has 0 saturated heterocycles. The number of hydrogen-bond acceptors (Lipinski definition) is 2. The fourth-order valence-corrected chi connectivity index (χ4v) is 3.70. The van der Waals surface area contributed by atoms with Gasteiger partial charge in [-0.15, -0.1) is 0 Å². The van der Waals surface area contributed by atoms with Crippen LogP contribution in [0.25, 0.3) is 0 Å². The minimum Gasteiger partial charge on any atom is -0.481 e. The average molecular weight is 278 g/mol. The Morgan fingerprint density at radius 2 is 2.00 bits per heavy atom. The van der Waals surface area contributed by atoms with Gasteiger partial charge >= 0.3 is 11.9 Å². The van der Waals surface area contributed by atoms with Gasteiger partial charge in [-0.25, -0.2) is 4.79 Å². The lowest BCUT2D eigenvalue weighted by molar-refractivity contribution is -0.145. The summed E-state index contributed by atoms with van der Waals surface area (Å²) in [5.74, 6) is -2.38. The smallest absolute Gasteiger partial charge is 0.332 e. The van der Waals surface area contributed by atoms with E-state index in [0.717, 1.165) is 25.7 Å². The maximum atomic E-state index is 11.8. The van der Waals surface area contributed by atoms with E-state index in [1.165, 1.54) is 0 Å². The van der Waals surface area contributed by atoms with Crippen molar-refractivity contribution in [3.63, 3.8) is 0 Å². The number of carboxylic acid groups (broad SMARTS) is 2. The number of aliphatic carboxylic acids is 2. The second kappa shape index (κ2) is 5.43. The molecule has 2 atom stereocenters. The third-order valence-corrected chi connectivity index (χ3v) is 4.68. The molecule has 2 N–H and O–H groups in total. The Bertz CT molecular complexity index is 485. The van der Waals surface area contributed by atoms with Crippen molar-refractivity contribution in [3.05, 3.63) is 23.3 Å². The third kappa shape index (κ3) is 2.28. The van der Waals surface area contributed by atoms with E-state index in [1.807, 2.05) is 6.92 Å². The molecular weight excluding hydrogens is 256 g/mol. The molecule has 0 bridgehead atoms. The van der Waals surface area contributed by atoms with Gasteiger partial charge in [0.25, 0.3) is 0 Å². The highest BCUT2D eigenvalue weighted by Gasteiger charge is 2.57. The predicted molar refractivity (Wildman–Crippen MR) is 75.3 cm³/mol. The van der Waals surface area contributed by atoms with Gasteiger partial charge in [-0.2, -0.15) is 0 Å². The molecule has 2 unspecified atom stereocenters. The first-order valence-corrected chi connectivity index (χ1v) is 7.30. The predicted octanol–water partition coefficient (Wildman–Crippen LogP) is 3.24. The Labute approximate surface area is 119 Å². The van der Waals surface area contributed by atoms with Gasteiger partial charge in [-0.1, -0.05) is 31.9 Å². The molecule has 2 aliphatic carbocycles. The topological polar surface area (TPSA) is 74.6 Å². The number of unbranched alkanes of at least 4 members (excludes halogenated alkanes) is 1. The van der Waals surface area contributed by atoms with Gasteiger partial charge in [0.2, 0.25) is 0 Å². The van der Waals surface area contributed by atoms with Crippen LogP contribution in [0.2, 0.25) is 0 Å². The molecule has 2 aliphatic rings. The number of allylic oxidation sites excluding steroid dienone is 2. The highest BCUT2D eigenvalue weighted by atomic mass is 16.4. The quantitative estimate of drug-likeness (QED) is 0.782. The van der Waals surface area contributed by atoms with E-state index in [-0.39, 0.29) is 5.92 Å². The number of hydrogen-bond donors (Lipinski definition) is 2. The highest BCUT2D eigenvalue weighted by molar-refractivity contribution is 5.92. The molecule has 0 aliphatic heterocycles. The molecular formula is C16H22O4. The van der Waals surface area contributed by atoms with Gasteiger partial charge in [0.15, 0.2) is 0 Å². The van der Waals surface area contributed by atoms with E-state index in [4.69, 9.17) is 0 Å². The van der Waals surface area contributed by atoms with E-state index >= 15 is 0 Å². The summed E-state index contributed by atoms with van der Waals surface area (Å²) in [6.45, 7) is 3.83. The summed E-state index contributed by atoms with van der Waals surface area (Å²) >= 11 is 0. The molecule has 4 heteroatoms. The van der Waals surface area contributed by atoms with Gasteiger partial charge in [0.05, 0.1) is 5.92 Å². The van der Waals surface area contributed by atoms with Crippen molar-refractivity contribution in [2.75, 3.05) is 0 Å². The van der Waals surface area contributed by atoms with Gasteiger partial charge in [-0.05, 0) is 37.7 Å². The molecule has 1 fully saturated rings. The number of rotatable bonds is 6. The highest BCUT2D eigenvalue weighted by Crippen LogP contribution is 2.59. The molecule has 0 amide bonds. The van der Waals surface area contributed by atoms with Crippen molar-refractivity contribution in [1.29, 1.82) is 0 Å². The zero-order valence-electron chi connectivity index (χ0n) is 12.1. The summed E-state index contributed by atoms with van der Waals surface area (Å²) in [5.41, 5.74) is 0.327. The van der Waals surface area contributed by atoms with Crippen LogP contribution in [0.4, 0.5) is 0 Å². The molecule has 2 rings (SSSR count). The van der Waals surface area contributed by atoms with E-state index in [2.05, 4.69) is 0 Å². The summed E-state index contributed by atoms with van der Waals surface area (Å²) in [6, 6.07) is 0. The Hall–Kier alpha value is -1.58. The monoisotopic (exact) mass is 278 g/mol. The Morgan fingerprint density at radius 3 is 2.45 bits per heavy atom. The molecule has 0 radical (unpaired) electrons. The fourth-order valence-electron chi connectivity index (χ4n) is 3.70. The standard InChI is InChI=1S/C16H22O4/c1-3-4-9-16(11-6-7-11)12(14(17)18)8-5-10(2)13(16)15(19)20/h5,8,11-12H,3-4,6-7,9H2,1-2H3,(H,17,18)(H,19,20). The zero-order valence-corrected chi connectivity index (χ0v) is 12.1. The van der Waals surface area contributed by atoms with Gasteiger partial charge in [0, 0.05) is 11.0 Å². The molecule has 0 spiro atoms. The maximum Gasteiger partial charge on any atom is 0.332 e. The molecule has 0 aromatic heterocycles. The normalized spacial score (nSPS) is 29.6. The number of carboxylic acids is 2. The molecule has 1 saturated carbocycles. The second-order valence-electron chi connectivity index (χ2n) is 5.96. The Kier molecular flexibility index (Phi) is 4.02. The Morgan fingerprint density at radius 1 is 1.35 bits per heavy atom. The first-order valence-electron chi connectivity index (χ1n) is 7.30. The summed E-state index contributed by atoms with van der Waals surface area (Å²) in [4.78, 5) is 23.4. The minimum atomic E-state index is -0.957.